The third-order valence-electron chi connectivity index (χ3n) is 5.57. The number of fused-ring (bicyclic) bond motifs is 1. The van der Waals surface area contributed by atoms with E-state index in [0.29, 0.717) is 38.9 Å². The van der Waals surface area contributed by atoms with Crippen LogP contribution in [0.4, 0.5) is 0 Å². The Labute approximate surface area is 198 Å². The predicted octanol–water partition coefficient (Wildman–Crippen LogP) is 4.11. The molecule has 0 saturated heterocycles. The van der Waals surface area contributed by atoms with Gasteiger partial charge in [-0.3, -0.25) is 14.2 Å². The van der Waals surface area contributed by atoms with Crippen LogP contribution >= 0.6 is 11.3 Å². The lowest BCUT2D eigenvalue weighted by molar-refractivity contribution is -0.121. The molecule has 2 aromatic carbocycles. The van der Waals surface area contributed by atoms with Gasteiger partial charge in [-0.05, 0) is 30.5 Å². The molecule has 5 rings (SSSR count). The fraction of sp³-hybridized carbons (Fsp3) is 0.160. The average Bonchev–Trinajstić information content (AvgIpc) is 3.45. The van der Waals surface area contributed by atoms with Crippen molar-refractivity contribution in [2.45, 2.75) is 26.9 Å². The highest BCUT2D eigenvalue weighted by Gasteiger charge is 2.21. The first kappa shape index (κ1) is 21.7. The topological polar surface area (TPSA) is 103 Å². The molecular formula is C25H21N5O3S. The molecule has 170 valence electrons. The maximum absolute atomic E-state index is 13.2. The summed E-state index contributed by atoms with van der Waals surface area (Å²) in [6, 6.07) is 17.4. The zero-order valence-corrected chi connectivity index (χ0v) is 19.4. The van der Waals surface area contributed by atoms with Crippen molar-refractivity contribution in [3.63, 3.8) is 0 Å². The summed E-state index contributed by atoms with van der Waals surface area (Å²) in [5.74, 6) is 0.565. The van der Waals surface area contributed by atoms with Gasteiger partial charge in [-0.1, -0.05) is 59.8 Å². The van der Waals surface area contributed by atoms with Gasteiger partial charge >= 0.3 is 0 Å². The van der Waals surface area contributed by atoms with Crippen molar-refractivity contribution in [2.75, 3.05) is 0 Å². The van der Waals surface area contributed by atoms with E-state index >= 15 is 0 Å². The number of carbonyl (C=O) groups excluding carboxylic acids is 1. The van der Waals surface area contributed by atoms with E-state index in [4.69, 9.17) is 4.52 Å². The van der Waals surface area contributed by atoms with E-state index in [0.717, 1.165) is 16.7 Å². The van der Waals surface area contributed by atoms with Crippen LogP contribution in [0.5, 0.6) is 0 Å². The van der Waals surface area contributed by atoms with Crippen molar-refractivity contribution in [1.29, 1.82) is 0 Å². The normalized spacial score (nSPS) is 11.1. The van der Waals surface area contributed by atoms with E-state index in [-0.39, 0.29) is 18.0 Å². The van der Waals surface area contributed by atoms with Gasteiger partial charge in [0.1, 0.15) is 11.4 Å². The number of hydrogen-bond donors (Lipinski definition) is 1. The standard InChI is InChI=1S/C25H21N5O3S/c1-15-8-6-7-11-18(15)22-28-23(33-29-22)21-16(2)20-24(34-21)27-14-30(25(20)32)13-19(31)26-12-17-9-4-3-5-10-17/h3-11,14H,12-13H2,1-2H3,(H,26,31). The van der Waals surface area contributed by atoms with E-state index in [2.05, 4.69) is 20.4 Å². The summed E-state index contributed by atoms with van der Waals surface area (Å²) < 4.78 is 6.85. The Morgan fingerprint density at radius 2 is 1.85 bits per heavy atom. The Balaban J connectivity index is 1.41. The molecule has 5 aromatic rings. The number of nitrogens with zero attached hydrogens (tertiary/aromatic N) is 4. The average molecular weight is 472 g/mol. The van der Waals surface area contributed by atoms with Crippen LogP contribution < -0.4 is 10.9 Å². The molecule has 0 unspecified atom stereocenters. The van der Waals surface area contributed by atoms with Gasteiger partial charge < -0.3 is 9.84 Å². The minimum absolute atomic E-state index is 0.114. The molecule has 1 N–H and O–H groups in total. The summed E-state index contributed by atoms with van der Waals surface area (Å²) in [6.07, 6.45) is 1.40. The van der Waals surface area contributed by atoms with Crippen LogP contribution in [0, 0.1) is 13.8 Å². The molecule has 9 heteroatoms. The number of amides is 1. The molecule has 0 saturated carbocycles. The van der Waals surface area contributed by atoms with Gasteiger partial charge in [0, 0.05) is 12.1 Å². The fourth-order valence-electron chi connectivity index (χ4n) is 3.73. The second-order valence-corrected chi connectivity index (χ2v) is 8.91. The molecule has 0 radical (unpaired) electrons. The first-order chi connectivity index (χ1) is 16.5. The highest BCUT2D eigenvalue weighted by molar-refractivity contribution is 7.22. The Morgan fingerprint density at radius 3 is 2.65 bits per heavy atom. The number of benzene rings is 2. The zero-order valence-electron chi connectivity index (χ0n) is 18.6. The maximum atomic E-state index is 13.2. The Morgan fingerprint density at radius 1 is 1.09 bits per heavy atom. The van der Waals surface area contributed by atoms with Gasteiger partial charge in [-0.15, -0.1) is 11.3 Å². The monoisotopic (exact) mass is 471 g/mol. The highest BCUT2D eigenvalue weighted by atomic mass is 32.1. The van der Waals surface area contributed by atoms with Crippen molar-refractivity contribution < 1.29 is 9.32 Å². The van der Waals surface area contributed by atoms with Crippen molar-refractivity contribution in [2.24, 2.45) is 0 Å². The van der Waals surface area contributed by atoms with Crippen LogP contribution in [0.15, 0.2) is 70.2 Å². The number of hydrogen-bond acceptors (Lipinski definition) is 7. The molecule has 0 aliphatic heterocycles. The SMILES string of the molecule is Cc1ccccc1-c1noc(-c2sc3ncn(CC(=O)NCc4ccccc4)c(=O)c3c2C)n1. The van der Waals surface area contributed by atoms with Crippen molar-refractivity contribution in [3.8, 4) is 22.2 Å². The van der Waals surface area contributed by atoms with Crippen molar-refractivity contribution in [1.82, 2.24) is 25.0 Å². The molecule has 8 nitrogen and oxygen atoms in total. The van der Waals surface area contributed by atoms with E-state index in [9.17, 15) is 9.59 Å². The van der Waals surface area contributed by atoms with Gasteiger partial charge in [-0.25, -0.2) is 4.98 Å². The molecule has 0 fully saturated rings. The first-order valence-corrected chi connectivity index (χ1v) is 11.5. The summed E-state index contributed by atoms with van der Waals surface area (Å²) in [7, 11) is 0. The summed E-state index contributed by atoms with van der Waals surface area (Å²) in [5.41, 5.74) is 3.34. The molecule has 1 amide bonds. The molecule has 3 heterocycles. The lowest BCUT2D eigenvalue weighted by Gasteiger charge is -2.07. The van der Waals surface area contributed by atoms with Crippen molar-refractivity contribution in [3.05, 3.63) is 88.0 Å². The van der Waals surface area contributed by atoms with Gasteiger partial charge in [-0.2, -0.15) is 4.98 Å². The number of rotatable bonds is 6. The number of aromatic nitrogens is 4. The summed E-state index contributed by atoms with van der Waals surface area (Å²) >= 11 is 1.32. The third-order valence-corrected chi connectivity index (χ3v) is 6.76. The van der Waals surface area contributed by atoms with Crippen LogP contribution in [-0.4, -0.2) is 25.6 Å². The van der Waals surface area contributed by atoms with Crippen LogP contribution in [0.25, 0.3) is 32.4 Å². The molecule has 3 aromatic heterocycles. The lowest BCUT2D eigenvalue weighted by atomic mass is 10.1. The van der Waals surface area contributed by atoms with Gasteiger partial charge in [0.2, 0.25) is 11.7 Å². The quantitative estimate of drug-likeness (QED) is 0.400. The largest absolute Gasteiger partial charge is 0.350 e. The second-order valence-electron chi connectivity index (χ2n) is 7.91. The number of nitrogens with one attached hydrogen (secondary N) is 1. The molecule has 0 bridgehead atoms. The Kier molecular flexibility index (Phi) is 5.77. The minimum Gasteiger partial charge on any atom is -0.350 e. The molecular weight excluding hydrogens is 450 g/mol. The molecule has 0 aliphatic carbocycles. The molecule has 0 atom stereocenters. The van der Waals surface area contributed by atoms with Crippen LogP contribution in [0.3, 0.4) is 0 Å². The fourth-order valence-corrected chi connectivity index (χ4v) is 4.79. The van der Waals surface area contributed by atoms with Gasteiger partial charge in [0.15, 0.2) is 0 Å². The second kappa shape index (κ2) is 9.03. The maximum Gasteiger partial charge on any atom is 0.268 e. The summed E-state index contributed by atoms with van der Waals surface area (Å²) in [4.78, 5) is 35.8. The van der Waals surface area contributed by atoms with E-state index < -0.39 is 0 Å². The predicted molar refractivity (Wildman–Crippen MR) is 130 cm³/mol. The number of carbonyl (C=O) groups is 1. The first-order valence-electron chi connectivity index (χ1n) is 10.7. The zero-order chi connectivity index (χ0) is 23.7. The molecule has 34 heavy (non-hydrogen) atoms. The summed E-state index contributed by atoms with van der Waals surface area (Å²) in [6.45, 7) is 4.09. The smallest absolute Gasteiger partial charge is 0.268 e. The molecule has 0 spiro atoms. The van der Waals surface area contributed by atoms with E-state index in [1.54, 1.807) is 0 Å². The van der Waals surface area contributed by atoms with Crippen LogP contribution in [-0.2, 0) is 17.9 Å². The number of aryl methyl sites for hydroxylation is 2. The highest BCUT2D eigenvalue weighted by Crippen LogP contribution is 2.35. The number of thiophene rings is 1. The summed E-state index contributed by atoms with van der Waals surface area (Å²) in [5, 5.41) is 7.41. The van der Waals surface area contributed by atoms with Crippen LogP contribution in [0.2, 0.25) is 0 Å². The molecule has 0 aliphatic rings. The Bertz CT molecular complexity index is 1550. The van der Waals surface area contributed by atoms with Crippen molar-refractivity contribution >= 4 is 27.5 Å². The third kappa shape index (κ3) is 4.13. The Hall–Kier alpha value is -4.11. The van der Waals surface area contributed by atoms with E-state index in [1.165, 1.54) is 22.2 Å². The van der Waals surface area contributed by atoms with E-state index in [1.807, 2.05) is 68.4 Å². The minimum atomic E-state index is -0.279. The van der Waals surface area contributed by atoms with Gasteiger partial charge in [0.05, 0.1) is 16.6 Å². The van der Waals surface area contributed by atoms with Gasteiger partial charge in [0.25, 0.3) is 11.4 Å². The lowest BCUT2D eigenvalue weighted by Crippen LogP contribution is -2.32. The van der Waals surface area contributed by atoms with Crippen LogP contribution in [0.1, 0.15) is 16.7 Å².